The van der Waals surface area contributed by atoms with E-state index in [1.54, 1.807) is 10.6 Å². The van der Waals surface area contributed by atoms with Gasteiger partial charge >= 0.3 is 0 Å². The van der Waals surface area contributed by atoms with Crippen LogP contribution in [0.2, 0.25) is 5.02 Å². The molecular formula is C8H7ClFN3. The fraction of sp³-hybridized carbons (Fsp3) is 0.125. The molecule has 0 unspecified atom stereocenters. The Hall–Kier alpha value is -1.13. The fourth-order valence-electron chi connectivity index (χ4n) is 1.23. The van der Waals surface area contributed by atoms with E-state index >= 15 is 0 Å². The number of halogens is 2. The van der Waals surface area contributed by atoms with Gasteiger partial charge in [0.05, 0.1) is 17.8 Å². The summed E-state index contributed by atoms with van der Waals surface area (Å²) in [6.45, 7) is 0.258. The van der Waals surface area contributed by atoms with Crippen LogP contribution in [-0.4, -0.2) is 9.38 Å². The molecule has 0 fully saturated rings. The number of rotatable bonds is 1. The summed E-state index contributed by atoms with van der Waals surface area (Å²) < 4.78 is 14.8. The van der Waals surface area contributed by atoms with Crippen molar-refractivity contribution in [2.75, 3.05) is 0 Å². The van der Waals surface area contributed by atoms with Crippen molar-refractivity contribution in [2.45, 2.75) is 6.54 Å². The van der Waals surface area contributed by atoms with Gasteiger partial charge in [0.2, 0.25) is 0 Å². The molecule has 2 N–H and O–H groups in total. The molecule has 0 radical (unpaired) electrons. The maximum absolute atomic E-state index is 13.2. The Morgan fingerprint density at radius 2 is 2.38 bits per heavy atom. The first kappa shape index (κ1) is 8.47. The average Bonchev–Trinajstić information content (AvgIpc) is 2.47. The largest absolute Gasteiger partial charge is 0.324 e. The summed E-state index contributed by atoms with van der Waals surface area (Å²) in [5.74, 6) is 0.205. The van der Waals surface area contributed by atoms with E-state index in [4.69, 9.17) is 17.3 Å². The lowest BCUT2D eigenvalue weighted by Gasteiger charge is -1.99. The third-order valence-corrected chi connectivity index (χ3v) is 2.02. The summed E-state index contributed by atoms with van der Waals surface area (Å²) in [7, 11) is 0. The second-order valence-electron chi connectivity index (χ2n) is 2.64. The molecule has 3 nitrogen and oxygen atoms in total. The third-order valence-electron chi connectivity index (χ3n) is 1.82. The van der Waals surface area contributed by atoms with E-state index in [0.717, 1.165) is 0 Å². The molecule has 0 atom stereocenters. The van der Waals surface area contributed by atoms with Crippen LogP contribution in [0, 0.1) is 5.82 Å². The Kier molecular flexibility index (Phi) is 1.94. The summed E-state index contributed by atoms with van der Waals surface area (Å²) in [4.78, 5) is 3.96. The van der Waals surface area contributed by atoms with E-state index in [1.165, 1.54) is 12.3 Å². The zero-order valence-electron chi connectivity index (χ0n) is 6.67. The van der Waals surface area contributed by atoms with Crippen molar-refractivity contribution in [2.24, 2.45) is 5.73 Å². The Morgan fingerprint density at radius 1 is 1.62 bits per heavy atom. The molecule has 0 bridgehead atoms. The number of hydrogen-bond donors (Lipinski definition) is 1. The number of nitrogens with two attached hydrogens (primary N) is 1. The lowest BCUT2D eigenvalue weighted by Crippen LogP contribution is -2.02. The van der Waals surface area contributed by atoms with Crippen LogP contribution in [0.25, 0.3) is 5.52 Å². The molecular weight excluding hydrogens is 193 g/mol. The molecule has 0 spiro atoms. The van der Waals surface area contributed by atoms with Crippen molar-refractivity contribution in [1.82, 2.24) is 9.38 Å². The second-order valence-corrected chi connectivity index (χ2v) is 3.08. The van der Waals surface area contributed by atoms with Gasteiger partial charge in [0, 0.05) is 6.20 Å². The highest BCUT2D eigenvalue weighted by molar-refractivity contribution is 6.30. The van der Waals surface area contributed by atoms with Crippen LogP contribution in [-0.2, 0) is 6.54 Å². The maximum atomic E-state index is 13.2. The monoisotopic (exact) mass is 199 g/mol. The topological polar surface area (TPSA) is 43.3 Å². The quantitative estimate of drug-likeness (QED) is 0.758. The number of fused-ring (bicyclic) bond motifs is 1. The first-order chi connectivity index (χ1) is 6.22. The molecule has 2 aromatic heterocycles. The van der Waals surface area contributed by atoms with Crippen molar-refractivity contribution in [3.63, 3.8) is 0 Å². The predicted molar refractivity (Wildman–Crippen MR) is 48.1 cm³/mol. The lowest BCUT2D eigenvalue weighted by atomic mass is 10.4. The van der Waals surface area contributed by atoms with E-state index in [2.05, 4.69) is 4.98 Å². The van der Waals surface area contributed by atoms with Crippen LogP contribution >= 0.6 is 11.6 Å². The summed E-state index contributed by atoms with van der Waals surface area (Å²) in [6, 6.07) is 1.25. The minimum Gasteiger partial charge on any atom is -0.324 e. The van der Waals surface area contributed by atoms with Crippen molar-refractivity contribution >= 4 is 17.1 Å². The van der Waals surface area contributed by atoms with Crippen molar-refractivity contribution in [1.29, 1.82) is 0 Å². The van der Waals surface area contributed by atoms with Gasteiger partial charge in [-0.15, -0.1) is 0 Å². The number of hydrogen-bond acceptors (Lipinski definition) is 2. The van der Waals surface area contributed by atoms with Crippen LogP contribution < -0.4 is 5.73 Å². The van der Waals surface area contributed by atoms with Crippen LogP contribution in [0.3, 0.4) is 0 Å². The Bertz CT molecular complexity index is 452. The molecule has 0 aliphatic heterocycles. The smallest absolute Gasteiger partial charge is 0.150 e. The Balaban J connectivity index is 2.82. The molecule has 0 saturated heterocycles. The molecule has 2 heterocycles. The van der Waals surface area contributed by atoms with Crippen molar-refractivity contribution in [3.05, 3.63) is 35.1 Å². The van der Waals surface area contributed by atoms with Gasteiger partial charge in [0.25, 0.3) is 0 Å². The van der Waals surface area contributed by atoms with Gasteiger partial charge in [0.1, 0.15) is 17.2 Å². The van der Waals surface area contributed by atoms with E-state index in [0.29, 0.717) is 16.4 Å². The minimum absolute atomic E-state index is 0.258. The molecule has 5 heteroatoms. The average molecular weight is 200 g/mol. The zero-order valence-corrected chi connectivity index (χ0v) is 7.42. The van der Waals surface area contributed by atoms with Gasteiger partial charge in [-0.2, -0.15) is 0 Å². The standard InChI is InChI=1S/C8H7ClFN3/c9-5-1-6(10)7-3-12-8(2-11)13(7)4-5/h1,3-4H,2,11H2. The summed E-state index contributed by atoms with van der Waals surface area (Å²) in [5.41, 5.74) is 5.81. The van der Waals surface area contributed by atoms with E-state index in [9.17, 15) is 4.39 Å². The molecule has 0 saturated carbocycles. The number of aromatic nitrogens is 2. The van der Waals surface area contributed by atoms with Gasteiger partial charge in [0.15, 0.2) is 0 Å². The third kappa shape index (κ3) is 1.28. The van der Waals surface area contributed by atoms with Gasteiger partial charge in [-0.3, -0.25) is 4.40 Å². The minimum atomic E-state index is -0.389. The zero-order chi connectivity index (χ0) is 9.42. The molecule has 68 valence electrons. The van der Waals surface area contributed by atoms with E-state index in [-0.39, 0.29) is 12.4 Å². The van der Waals surface area contributed by atoms with E-state index < -0.39 is 0 Å². The Morgan fingerprint density at radius 3 is 3.08 bits per heavy atom. The van der Waals surface area contributed by atoms with Gasteiger partial charge in [-0.05, 0) is 6.07 Å². The molecule has 13 heavy (non-hydrogen) atoms. The van der Waals surface area contributed by atoms with E-state index in [1.807, 2.05) is 0 Å². The lowest BCUT2D eigenvalue weighted by molar-refractivity contribution is 0.632. The van der Waals surface area contributed by atoms with Gasteiger partial charge in [-0.25, -0.2) is 9.37 Å². The summed E-state index contributed by atoms with van der Waals surface area (Å²) in [5, 5.41) is 0.331. The first-order valence-electron chi connectivity index (χ1n) is 3.73. The highest BCUT2D eigenvalue weighted by Gasteiger charge is 2.06. The van der Waals surface area contributed by atoms with Gasteiger partial charge in [-0.1, -0.05) is 11.6 Å². The normalized spacial score (nSPS) is 11.0. The van der Waals surface area contributed by atoms with Gasteiger partial charge < -0.3 is 5.73 Å². The predicted octanol–water partition coefficient (Wildman–Crippen LogP) is 1.59. The molecule has 0 amide bonds. The highest BCUT2D eigenvalue weighted by atomic mass is 35.5. The molecule has 0 aliphatic rings. The van der Waals surface area contributed by atoms with Crippen LogP contribution in [0.5, 0.6) is 0 Å². The molecule has 2 aromatic rings. The van der Waals surface area contributed by atoms with Crippen LogP contribution in [0.1, 0.15) is 5.82 Å². The van der Waals surface area contributed by atoms with Crippen LogP contribution in [0.4, 0.5) is 4.39 Å². The maximum Gasteiger partial charge on any atom is 0.150 e. The fourth-order valence-corrected chi connectivity index (χ4v) is 1.42. The highest BCUT2D eigenvalue weighted by Crippen LogP contribution is 2.17. The van der Waals surface area contributed by atoms with Crippen molar-refractivity contribution < 1.29 is 4.39 Å². The first-order valence-corrected chi connectivity index (χ1v) is 4.11. The van der Waals surface area contributed by atoms with Crippen molar-refractivity contribution in [3.8, 4) is 0 Å². The summed E-state index contributed by atoms with van der Waals surface area (Å²) in [6.07, 6.45) is 3.03. The second kappa shape index (κ2) is 2.97. The summed E-state index contributed by atoms with van der Waals surface area (Å²) >= 11 is 5.68. The Labute approximate surface area is 78.9 Å². The van der Waals surface area contributed by atoms with Crippen LogP contribution in [0.15, 0.2) is 18.5 Å². The molecule has 2 rings (SSSR count). The SMILES string of the molecule is NCc1ncc2c(F)cc(Cl)cn12. The molecule has 0 aliphatic carbocycles. The number of imidazole rings is 1. The molecule has 0 aromatic carbocycles. The number of nitrogens with zero attached hydrogens (tertiary/aromatic N) is 2. The number of pyridine rings is 1.